The van der Waals surface area contributed by atoms with Crippen molar-refractivity contribution in [3.05, 3.63) is 35.4 Å². The molecule has 0 aliphatic heterocycles. The lowest BCUT2D eigenvalue weighted by Crippen LogP contribution is -2.47. The Kier molecular flexibility index (Phi) is 3.61. The number of nitrogens with one attached hydrogen (secondary N) is 1. The second kappa shape index (κ2) is 5.02. The van der Waals surface area contributed by atoms with Crippen molar-refractivity contribution in [2.24, 2.45) is 11.1 Å². The van der Waals surface area contributed by atoms with Gasteiger partial charge in [-0.2, -0.15) is 0 Å². The van der Waals surface area contributed by atoms with E-state index in [0.717, 1.165) is 37.5 Å². The summed E-state index contributed by atoms with van der Waals surface area (Å²) in [6.45, 7) is 0.914. The van der Waals surface area contributed by atoms with Crippen molar-refractivity contribution >= 4 is 5.91 Å². The molecule has 0 spiro atoms. The van der Waals surface area contributed by atoms with E-state index in [9.17, 15) is 13.6 Å². The molecule has 0 aromatic heterocycles. The molecule has 3 nitrogen and oxygen atoms in total. The van der Waals surface area contributed by atoms with Gasteiger partial charge in [0, 0.05) is 6.54 Å². The summed E-state index contributed by atoms with van der Waals surface area (Å²) in [4.78, 5) is 11.8. The molecule has 1 fully saturated rings. The fourth-order valence-electron chi connectivity index (χ4n) is 2.16. The van der Waals surface area contributed by atoms with E-state index in [-0.39, 0.29) is 11.0 Å². The van der Waals surface area contributed by atoms with Gasteiger partial charge >= 0.3 is 0 Å². The first-order chi connectivity index (χ1) is 8.56. The van der Waals surface area contributed by atoms with Gasteiger partial charge in [-0.05, 0) is 43.0 Å². The Bertz CT molecular complexity index is 453. The number of nitrogens with two attached hydrogens (primary N) is 1. The third kappa shape index (κ3) is 2.51. The summed E-state index contributed by atoms with van der Waals surface area (Å²) in [5.74, 6) is -1.94. The molecule has 1 aliphatic rings. The van der Waals surface area contributed by atoms with Crippen LogP contribution < -0.4 is 11.1 Å². The van der Waals surface area contributed by atoms with Gasteiger partial charge in [0.2, 0.25) is 0 Å². The molecule has 0 heterocycles. The molecule has 0 unspecified atom stereocenters. The Hall–Kier alpha value is -1.49. The Morgan fingerprint density at radius 3 is 2.67 bits per heavy atom. The second-order valence-electron chi connectivity index (χ2n) is 4.86. The van der Waals surface area contributed by atoms with Crippen LogP contribution in [0.15, 0.2) is 18.2 Å². The summed E-state index contributed by atoms with van der Waals surface area (Å²) < 4.78 is 26.3. The third-order valence-corrected chi connectivity index (χ3v) is 3.64. The second-order valence-corrected chi connectivity index (χ2v) is 4.86. The summed E-state index contributed by atoms with van der Waals surface area (Å²) in [5.41, 5.74) is 5.34. The molecular formula is C13H16F2N2O. The molecule has 1 aromatic rings. The van der Waals surface area contributed by atoms with E-state index in [1.807, 2.05) is 0 Å². The molecule has 2 rings (SSSR count). The number of rotatable bonds is 4. The van der Waals surface area contributed by atoms with Gasteiger partial charge in [0.05, 0.1) is 5.56 Å². The lowest BCUT2D eigenvalue weighted by atomic mass is 9.69. The normalized spacial score (nSPS) is 17.1. The monoisotopic (exact) mass is 254 g/mol. The highest BCUT2D eigenvalue weighted by Gasteiger charge is 2.35. The summed E-state index contributed by atoms with van der Waals surface area (Å²) in [6.07, 6.45) is 3.03. The molecule has 0 atom stereocenters. The smallest absolute Gasteiger partial charge is 0.254 e. The molecule has 5 heteroatoms. The molecule has 1 aliphatic carbocycles. The maximum Gasteiger partial charge on any atom is 0.254 e. The van der Waals surface area contributed by atoms with Gasteiger partial charge in [-0.3, -0.25) is 4.79 Å². The van der Waals surface area contributed by atoms with Gasteiger partial charge in [0.25, 0.3) is 5.91 Å². The van der Waals surface area contributed by atoms with E-state index in [2.05, 4.69) is 5.32 Å². The standard InChI is InChI=1S/C13H16F2N2O/c14-9-2-3-11(15)10(6-9)12(18)17-8-13(7-16)4-1-5-13/h2-3,6H,1,4-5,7-8,16H2,(H,17,18). The number of halogens is 2. The summed E-state index contributed by atoms with van der Waals surface area (Å²) in [6, 6.07) is 2.84. The van der Waals surface area contributed by atoms with Gasteiger partial charge in [0.1, 0.15) is 11.6 Å². The third-order valence-electron chi connectivity index (χ3n) is 3.64. The fourth-order valence-corrected chi connectivity index (χ4v) is 2.16. The van der Waals surface area contributed by atoms with Crippen LogP contribution in [0.3, 0.4) is 0 Å². The first-order valence-corrected chi connectivity index (χ1v) is 6.00. The molecule has 1 amide bonds. The van der Waals surface area contributed by atoms with Crippen LogP contribution in [0.2, 0.25) is 0 Å². The first-order valence-electron chi connectivity index (χ1n) is 6.00. The minimum absolute atomic E-state index is 0.0561. The molecule has 3 N–H and O–H groups in total. The van der Waals surface area contributed by atoms with E-state index < -0.39 is 17.5 Å². The van der Waals surface area contributed by atoms with E-state index in [4.69, 9.17) is 5.73 Å². The van der Waals surface area contributed by atoms with Crippen molar-refractivity contribution in [3.63, 3.8) is 0 Å². The summed E-state index contributed by atoms with van der Waals surface area (Å²) in [7, 11) is 0. The highest BCUT2D eigenvalue weighted by Crippen LogP contribution is 2.39. The molecule has 0 radical (unpaired) electrons. The van der Waals surface area contributed by atoms with E-state index in [1.54, 1.807) is 0 Å². The van der Waals surface area contributed by atoms with Crippen LogP contribution in [0.5, 0.6) is 0 Å². The molecule has 1 saturated carbocycles. The number of carbonyl (C=O) groups is 1. The zero-order chi connectivity index (χ0) is 13.2. The Morgan fingerprint density at radius 2 is 2.11 bits per heavy atom. The van der Waals surface area contributed by atoms with Crippen LogP contribution in [0.4, 0.5) is 8.78 Å². The van der Waals surface area contributed by atoms with Gasteiger partial charge < -0.3 is 11.1 Å². The Morgan fingerprint density at radius 1 is 1.39 bits per heavy atom. The van der Waals surface area contributed by atoms with Gasteiger partial charge in [0.15, 0.2) is 0 Å². The van der Waals surface area contributed by atoms with Crippen LogP contribution >= 0.6 is 0 Å². The zero-order valence-electron chi connectivity index (χ0n) is 10.0. The van der Waals surface area contributed by atoms with Crippen molar-refractivity contribution in [2.45, 2.75) is 19.3 Å². The quantitative estimate of drug-likeness (QED) is 0.861. The molecular weight excluding hydrogens is 238 g/mol. The van der Waals surface area contributed by atoms with Crippen molar-refractivity contribution in [2.75, 3.05) is 13.1 Å². The largest absolute Gasteiger partial charge is 0.351 e. The lowest BCUT2D eigenvalue weighted by molar-refractivity contribution is 0.0872. The minimum Gasteiger partial charge on any atom is -0.351 e. The van der Waals surface area contributed by atoms with Gasteiger partial charge in [-0.1, -0.05) is 6.42 Å². The van der Waals surface area contributed by atoms with Crippen LogP contribution in [0, 0.1) is 17.0 Å². The zero-order valence-corrected chi connectivity index (χ0v) is 10.0. The van der Waals surface area contributed by atoms with E-state index in [0.29, 0.717) is 13.1 Å². The van der Waals surface area contributed by atoms with Gasteiger partial charge in [-0.15, -0.1) is 0 Å². The number of benzene rings is 1. The number of hydrogen-bond acceptors (Lipinski definition) is 2. The summed E-state index contributed by atoms with van der Waals surface area (Å²) >= 11 is 0. The van der Waals surface area contributed by atoms with E-state index >= 15 is 0 Å². The lowest BCUT2D eigenvalue weighted by Gasteiger charge is -2.41. The molecule has 0 saturated heterocycles. The first kappa shape index (κ1) is 13.0. The van der Waals surface area contributed by atoms with Crippen molar-refractivity contribution in [1.29, 1.82) is 0 Å². The summed E-state index contributed by atoms with van der Waals surface area (Å²) in [5, 5.41) is 2.64. The number of carbonyl (C=O) groups excluding carboxylic acids is 1. The van der Waals surface area contributed by atoms with Crippen molar-refractivity contribution < 1.29 is 13.6 Å². The number of amides is 1. The Balaban J connectivity index is 2.01. The minimum atomic E-state index is -0.718. The van der Waals surface area contributed by atoms with Crippen molar-refractivity contribution in [3.8, 4) is 0 Å². The van der Waals surface area contributed by atoms with Crippen LogP contribution in [-0.2, 0) is 0 Å². The highest BCUT2D eigenvalue weighted by atomic mass is 19.1. The molecule has 0 bridgehead atoms. The van der Waals surface area contributed by atoms with E-state index in [1.165, 1.54) is 0 Å². The Labute approximate surface area is 104 Å². The highest BCUT2D eigenvalue weighted by molar-refractivity contribution is 5.94. The van der Waals surface area contributed by atoms with Gasteiger partial charge in [-0.25, -0.2) is 8.78 Å². The molecule has 18 heavy (non-hydrogen) atoms. The predicted molar refractivity (Wildman–Crippen MR) is 64.0 cm³/mol. The fraction of sp³-hybridized carbons (Fsp3) is 0.462. The van der Waals surface area contributed by atoms with Crippen LogP contribution in [-0.4, -0.2) is 19.0 Å². The SMILES string of the molecule is NCC1(CNC(=O)c2cc(F)ccc2F)CCC1. The maximum absolute atomic E-state index is 13.4. The predicted octanol–water partition coefficient (Wildman–Crippen LogP) is 1.82. The van der Waals surface area contributed by atoms with Crippen LogP contribution in [0.25, 0.3) is 0 Å². The topological polar surface area (TPSA) is 55.1 Å². The average molecular weight is 254 g/mol. The van der Waals surface area contributed by atoms with Crippen molar-refractivity contribution in [1.82, 2.24) is 5.32 Å². The molecule has 98 valence electrons. The number of hydrogen-bond donors (Lipinski definition) is 2. The van der Waals surface area contributed by atoms with Crippen LogP contribution in [0.1, 0.15) is 29.6 Å². The average Bonchev–Trinajstić information content (AvgIpc) is 2.31. The maximum atomic E-state index is 13.4. The molecule has 1 aromatic carbocycles.